The molecule has 4 heteroatoms. The Kier molecular flexibility index (Phi) is 11.0. The molecule has 0 amide bonds. The van der Waals surface area contributed by atoms with Gasteiger partial charge in [-0.15, -0.1) is 0 Å². The largest absolute Gasteiger partial charge is 0.341 e. The minimum atomic E-state index is -0.602. The molecule has 0 saturated heterocycles. The van der Waals surface area contributed by atoms with Gasteiger partial charge in [-0.3, -0.25) is 0 Å². The standard InChI is InChI=1S/C3H6O3.K/c1-2-3(4)6-5;/h5H,2H2,1H3;. The van der Waals surface area contributed by atoms with E-state index in [1.165, 1.54) is 0 Å². The van der Waals surface area contributed by atoms with Gasteiger partial charge in [0.2, 0.25) is 0 Å². The molecule has 0 bridgehead atoms. The molecule has 0 unspecified atom stereocenters. The third kappa shape index (κ3) is 7.07. The average Bonchev–Trinajstić information content (AvgIpc) is 1.65. The summed E-state index contributed by atoms with van der Waals surface area (Å²) in [5.41, 5.74) is 0. The Balaban J connectivity index is 0. The number of carbonyl (C=O) groups is 1. The van der Waals surface area contributed by atoms with Crippen LogP contribution in [0.1, 0.15) is 13.3 Å². The van der Waals surface area contributed by atoms with Crippen molar-refractivity contribution in [1.82, 2.24) is 0 Å². The fraction of sp³-hybridized carbons (Fsp3) is 0.667. The van der Waals surface area contributed by atoms with Crippen molar-refractivity contribution in [2.24, 2.45) is 0 Å². The fourth-order valence-corrected chi connectivity index (χ4v) is 0.0645. The molecule has 0 spiro atoms. The van der Waals surface area contributed by atoms with Gasteiger partial charge < -0.3 is 4.89 Å². The minimum Gasteiger partial charge on any atom is -0.301 e. The average molecular weight is 129 g/mol. The Morgan fingerprint density at radius 2 is 2.29 bits per heavy atom. The molecule has 0 aliphatic rings. The van der Waals surface area contributed by atoms with Crippen LogP contribution in [0.15, 0.2) is 0 Å². The molecule has 1 radical (unpaired) electrons. The first-order chi connectivity index (χ1) is 2.81. The first-order valence-corrected chi connectivity index (χ1v) is 1.65. The van der Waals surface area contributed by atoms with Crippen LogP contribution in [0.3, 0.4) is 0 Å². The van der Waals surface area contributed by atoms with Gasteiger partial charge >= 0.3 is 5.97 Å². The van der Waals surface area contributed by atoms with E-state index in [9.17, 15) is 4.79 Å². The van der Waals surface area contributed by atoms with Crippen molar-refractivity contribution in [2.75, 3.05) is 0 Å². The predicted molar refractivity (Wildman–Crippen MR) is 24.8 cm³/mol. The SMILES string of the molecule is CCC(=O)OO.[K]. The molecule has 0 heterocycles. The maximum Gasteiger partial charge on any atom is 0.341 e. The Hall–Kier alpha value is 1.07. The van der Waals surface area contributed by atoms with E-state index in [-0.39, 0.29) is 57.8 Å². The molecule has 0 aliphatic heterocycles. The first-order valence-electron chi connectivity index (χ1n) is 1.65. The summed E-state index contributed by atoms with van der Waals surface area (Å²) in [4.78, 5) is 13.0. The van der Waals surface area contributed by atoms with E-state index >= 15 is 0 Å². The molecule has 0 fully saturated rings. The molecule has 0 rings (SSSR count). The van der Waals surface area contributed by atoms with Gasteiger partial charge in [0.1, 0.15) is 0 Å². The smallest absolute Gasteiger partial charge is 0.301 e. The number of hydrogen-bond acceptors (Lipinski definition) is 3. The summed E-state index contributed by atoms with van der Waals surface area (Å²) in [5.74, 6) is -0.602. The van der Waals surface area contributed by atoms with E-state index in [0.29, 0.717) is 0 Å². The van der Waals surface area contributed by atoms with Gasteiger partial charge in [-0.05, 0) is 0 Å². The molecular weight excluding hydrogens is 123 g/mol. The number of hydrogen-bond donors (Lipinski definition) is 1. The summed E-state index contributed by atoms with van der Waals surface area (Å²) in [6, 6.07) is 0. The topological polar surface area (TPSA) is 46.5 Å². The molecule has 0 atom stereocenters. The number of carbonyl (C=O) groups excluding carboxylic acids is 1. The van der Waals surface area contributed by atoms with E-state index in [1.54, 1.807) is 6.92 Å². The van der Waals surface area contributed by atoms with Crippen molar-refractivity contribution in [1.29, 1.82) is 0 Å². The number of rotatable bonds is 1. The Labute approximate surface area is 84.4 Å². The molecule has 37 valence electrons. The second kappa shape index (κ2) is 7.07. The van der Waals surface area contributed by atoms with Crippen LogP contribution in [0.4, 0.5) is 0 Å². The molecule has 0 aromatic carbocycles. The summed E-state index contributed by atoms with van der Waals surface area (Å²) in [6.45, 7) is 1.60. The normalized spacial score (nSPS) is 6.57. The third-order valence-electron chi connectivity index (χ3n) is 0.390. The Morgan fingerprint density at radius 3 is 2.29 bits per heavy atom. The van der Waals surface area contributed by atoms with Crippen LogP contribution in [0.25, 0.3) is 0 Å². The van der Waals surface area contributed by atoms with Gasteiger partial charge in [-0.25, -0.2) is 4.79 Å². The van der Waals surface area contributed by atoms with Crippen LogP contribution >= 0.6 is 0 Å². The van der Waals surface area contributed by atoms with Gasteiger partial charge in [-0.1, -0.05) is 6.92 Å². The fourth-order valence-electron chi connectivity index (χ4n) is 0.0645. The van der Waals surface area contributed by atoms with Crippen LogP contribution in [0.2, 0.25) is 0 Å². The van der Waals surface area contributed by atoms with Crippen LogP contribution in [0.5, 0.6) is 0 Å². The maximum atomic E-state index is 9.71. The van der Waals surface area contributed by atoms with E-state index in [2.05, 4.69) is 4.89 Å². The van der Waals surface area contributed by atoms with Crippen molar-refractivity contribution in [2.45, 2.75) is 13.3 Å². The van der Waals surface area contributed by atoms with E-state index < -0.39 is 5.97 Å². The van der Waals surface area contributed by atoms with Crippen molar-refractivity contribution in [3.05, 3.63) is 0 Å². The molecule has 0 saturated carbocycles. The van der Waals surface area contributed by atoms with Crippen LogP contribution < -0.4 is 0 Å². The van der Waals surface area contributed by atoms with Crippen molar-refractivity contribution >= 4 is 57.4 Å². The van der Waals surface area contributed by atoms with Crippen molar-refractivity contribution in [3.63, 3.8) is 0 Å². The summed E-state index contributed by atoms with van der Waals surface area (Å²) in [7, 11) is 0. The molecule has 7 heavy (non-hydrogen) atoms. The van der Waals surface area contributed by atoms with Gasteiger partial charge in [0.15, 0.2) is 0 Å². The second-order valence-electron chi connectivity index (χ2n) is 0.817. The molecule has 0 aromatic heterocycles. The van der Waals surface area contributed by atoms with Crippen molar-refractivity contribution in [3.8, 4) is 0 Å². The summed E-state index contributed by atoms with van der Waals surface area (Å²) in [5, 5.41) is 7.49. The zero-order chi connectivity index (χ0) is 4.99. The van der Waals surface area contributed by atoms with E-state index in [0.717, 1.165) is 0 Å². The molecule has 1 N–H and O–H groups in total. The summed E-state index contributed by atoms with van der Waals surface area (Å²) in [6.07, 6.45) is 0.219. The first kappa shape index (κ1) is 10.9. The predicted octanol–water partition coefficient (Wildman–Crippen LogP) is 0.0318. The monoisotopic (exact) mass is 129 g/mol. The second-order valence-corrected chi connectivity index (χ2v) is 0.817. The van der Waals surface area contributed by atoms with Gasteiger partial charge in [-0.2, -0.15) is 5.26 Å². The Morgan fingerprint density at radius 1 is 1.86 bits per heavy atom. The van der Waals surface area contributed by atoms with Gasteiger partial charge in [0.05, 0.1) is 0 Å². The minimum absolute atomic E-state index is 0. The van der Waals surface area contributed by atoms with E-state index in [4.69, 9.17) is 5.26 Å². The van der Waals surface area contributed by atoms with Crippen LogP contribution in [0, 0.1) is 0 Å². The van der Waals surface area contributed by atoms with Gasteiger partial charge in [0.25, 0.3) is 0 Å². The molecule has 0 aromatic rings. The van der Waals surface area contributed by atoms with E-state index in [1.807, 2.05) is 0 Å². The quantitative estimate of drug-likeness (QED) is 0.309. The van der Waals surface area contributed by atoms with Crippen LogP contribution in [-0.4, -0.2) is 62.6 Å². The third-order valence-corrected chi connectivity index (χ3v) is 0.390. The summed E-state index contributed by atoms with van der Waals surface area (Å²) < 4.78 is 0. The summed E-state index contributed by atoms with van der Waals surface area (Å²) >= 11 is 0. The molecular formula is C3H6KO3. The van der Waals surface area contributed by atoms with Crippen molar-refractivity contribution < 1.29 is 14.9 Å². The molecule has 0 aliphatic carbocycles. The van der Waals surface area contributed by atoms with Gasteiger partial charge in [0, 0.05) is 57.8 Å². The maximum absolute atomic E-state index is 9.71. The Bertz CT molecular complexity index is 48.1. The van der Waals surface area contributed by atoms with Crippen LogP contribution in [-0.2, 0) is 9.68 Å². The zero-order valence-electron chi connectivity index (χ0n) is 4.47. The zero-order valence-corrected chi connectivity index (χ0v) is 7.59. The molecule has 3 nitrogen and oxygen atoms in total.